The largest absolute Gasteiger partial charge is 0.457 e. The van der Waals surface area contributed by atoms with Crippen LogP contribution >= 0.6 is 0 Å². The third kappa shape index (κ3) is 3.85. The van der Waals surface area contributed by atoms with Gasteiger partial charge in [0.05, 0.1) is 23.1 Å². The summed E-state index contributed by atoms with van der Waals surface area (Å²) in [5.41, 5.74) is 6.82. The van der Waals surface area contributed by atoms with Gasteiger partial charge in [-0.05, 0) is 42.5 Å². The van der Waals surface area contributed by atoms with Crippen LogP contribution in [0.2, 0.25) is 0 Å². The van der Waals surface area contributed by atoms with Crippen molar-refractivity contribution in [3.63, 3.8) is 0 Å². The Kier molecular flexibility index (Phi) is 5.24. The Morgan fingerprint density at radius 1 is 0.853 bits per heavy atom. The van der Waals surface area contributed by atoms with Gasteiger partial charge in [0.15, 0.2) is 0 Å². The van der Waals surface area contributed by atoms with Gasteiger partial charge in [0, 0.05) is 21.9 Å². The number of nitrogens with two attached hydrogens (primary N) is 1. The minimum absolute atomic E-state index is 0.229. The zero-order valence-electron chi connectivity index (χ0n) is 17.8. The Labute approximate surface area is 193 Å². The minimum Gasteiger partial charge on any atom is -0.457 e. The zero-order chi connectivity index (χ0) is 23.9. The number of halogens is 3. The first-order valence-corrected chi connectivity index (χ1v) is 10.6. The quantitative estimate of drug-likeness (QED) is 0.315. The molecular formula is C27H19F3N2O2. The molecule has 1 aromatic heterocycles. The molecule has 0 radical (unpaired) electrons. The fraction of sp³-hybridized carbons (Fsp3) is 0.0741. The van der Waals surface area contributed by atoms with Crippen LogP contribution < -0.4 is 10.5 Å². The lowest BCUT2D eigenvalue weighted by Crippen LogP contribution is -2.11. The van der Waals surface area contributed by atoms with E-state index in [4.69, 9.17) is 10.5 Å². The highest BCUT2D eigenvalue weighted by Crippen LogP contribution is 2.38. The number of alkyl halides is 3. The number of hydrogen-bond donors (Lipinski definition) is 1. The van der Waals surface area contributed by atoms with Crippen molar-refractivity contribution in [1.29, 1.82) is 0 Å². The Bertz CT molecular complexity index is 1520. The number of rotatable bonds is 5. The molecule has 0 bridgehead atoms. The molecule has 1 heterocycles. The van der Waals surface area contributed by atoms with Gasteiger partial charge in [0.2, 0.25) is 5.91 Å². The molecule has 0 saturated carbocycles. The van der Waals surface area contributed by atoms with Crippen LogP contribution in [-0.4, -0.2) is 10.5 Å². The number of para-hydroxylation sites is 2. The zero-order valence-corrected chi connectivity index (χ0v) is 17.8. The van der Waals surface area contributed by atoms with Gasteiger partial charge in [0.25, 0.3) is 0 Å². The smallest absolute Gasteiger partial charge is 0.416 e. The van der Waals surface area contributed by atoms with Crippen molar-refractivity contribution < 1.29 is 22.7 Å². The second-order valence-corrected chi connectivity index (χ2v) is 7.90. The van der Waals surface area contributed by atoms with Gasteiger partial charge in [-0.2, -0.15) is 13.2 Å². The molecule has 170 valence electrons. The molecule has 0 unspecified atom stereocenters. The van der Waals surface area contributed by atoms with Crippen LogP contribution in [0.1, 0.15) is 21.5 Å². The van der Waals surface area contributed by atoms with Crippen molar-refractivity contribution in [3.05, 3.63) is 108 Å². The lowest BCUT2D eigenvalue weighted by molar-refractivity contribution is -0.137. The molecule has 4 nitrogen and oxygen atoms in total. The van der Waals surface area contributed by atoms with Gasteiger partial charge in [0.1, 0.15) is 11.5 Å². The molecule has 0 aliphatic heterocycles. The van der Waals surface area contributed by atoms with E-state index in [1.165, 1.54) is 6.07 Å². The van der Waals surface area contributed by atoms with Crippen molar-refractivity contribution in [2.75, 3.05) is 0 Å². The maximum atomic E-state index is 13.5. The number of fused-ring (bicyclic) bond motifs is 3. The number of benzene rings is 4. The van der Waals surface area contributed by atoms with E-state index in [0.717, 1.165) is 17.7 Å². The summed E-state index contributed by atoms with van der Waals surface area (Å²) in [5.74, 6) is 0.589. The Morgan fingerprint density at radius 3 is 2.32 bits per heavy atom. The average molecular weight is 460 g/mol. The molecule has 0 aliphatic carbocycles. The first kappa shape index (κ1) is 21.6. The van der Waals surface area contributed by atoms with Crippen molar-refractivity contribution >= 4 is 27.7 Å². The highest BCUT2D eigenvalue weighted by atomic mass is 19.4. The molecular weight excluding hydrogens is 441 g/mol. The average Bonchev–Trinajstić information content (AvgIpc) is 3.13. The molecule has 0 fully saturated rings. The molecule has 0 saturated heterocycles. The molecule has 2 N–H and O–H groups in total. The minimum atomic E-state index is -4.50. The van der Waals surface area contributed by atoms with Crippen LogP contribution in [0, 0.1) is 0 Å². The van der Waals surface area contributed by atoms with Gasteiger partial charge in [-0.1, -0.05) is 48.5 Å². The second-order valence-electron chi connectivity index (χ2n) is 7.90. The van der Waals surface area contributed by atoms with E-state index < -0.39 is 17.6 Å². The number of nitrogens with zero attached hydrogens (tertiary/aromatic N) is 1. The maximum Gasteiger partial charge on any atom is 0.416 e. The van der Waals surface area contributed by atoms with E-state index in [9.17, 15) is 18.0 Å². The fourth-order valence-corrected chi connectivity index (χ4v) is 4.22. The summed E-state index contributed by atoms with van der Waals surface area (Å²) in [6.07, 6.45) is -4.50. The number of primary amides is 1. The second kappa shape index (κ2) is 8.26. The number of aromatic nitrogens is 1. The van der Waals surface area contributed by atoms with Crippen molar-refractivity contribution in [2.24, 2.45) is 5.73 Å². The molecule has 5 aromatic rings. The molecule has 5 rings (SSSR count). The van der Waals surface area contributed by atoms with E-state index in [-0.39, 0.29) is 12.1 Å². The topological polar surface area (TPSA) is 57.2 Å². The maximum absolute atomic E-state index is 13.5. The standard InChI is InChI=1S/C27H19F3N2O2/c28-27(29,30)18-13-14-20-23(15-18)32(22-11-6-10-21(25(20)22)26(31)33)16-17-7-4-5-12-24(17)34-19-8-2-1-3-9-19/h1-15H,16H2,(H2,31,33). The monoisotopic (exact) mass is 460 g/mol. The Balaban J connectivity index is 1.72. The number of amides is 1. The van der Waals surface area contributed by atoms with Crippen LogP contribution in [0.25, 0.3) is 21.8 Å². The van der Waals surface area contributed by atoms with Gasteiger partial charge >= 0.3 is 6.18 Å². The summed E-state index contributed by atoms with van der Waals surface area (Å²) < 4.78 is 48.4. The van der Waals surface area contributed by atoms with Crippen LogP contribution in [-0.2, 0) is 12.7 Å². The molecule has 0 aliphatic rings. The summed E-state index contributed by atoms with van der Waals surface area (Å²) in [5, 5.41) is 1.05. The predicted molar refractivity (Wildman–Crippen MR) is 125 cm³/mol. The van der Waals surface area contributed by atoms with Gasteiger partial charge < -0.3 is 15.0 Å². The number of ether oxygens (including phenoxy) is 1. The molecule has 0 spiro atoms. The SMILES string of the molecule is NC(=O)c1cccc2c1c1ccc(C(F)(F)F)cc1n2Cc1ccccc1Oc1ccccc1. The van der Waals surface area contributed by atoms with Gasteiger partial charge in [-0.15, -0.1) is 0 Å². The van der Waals surface area contributed by atoms with Crippen LogP contribution in [0.15, 0.2) is 91.0 Å². The predicted octanol–water partition coefficient (Wildman–Crippen LogP) is 6.75. The summed E-state index contributed by atoms with van der Waals surface area (Å²) in [7, 11) is 0. The summed E-state index contributed by atoms with van der Waals surface area (Å²) in [4.78, 5) is 12.1. The van der Waals surface area contributed by atoms with Crippen LogP contribution in [0.3, 0.4) is 0 Å². The van der Waals surface area contributed by atoms with Crippen molar-refractivity contribution in [3.8, 4) is 11.5 Å². The third-order valence-corrected chi connectivity index (χ3v) is 5.76. The first-order valence-electron chi connectivity index (χ1n) is 10.6. The molecule has 7 heteroatoms. The van der Waals surface area contributed by atoms with E-state index in [1.54, 1.807) is 22.8 Å². The number of hydrogen-bond acceptors (Lipinski definition) is 2. The fourth-order valence-electron chi connectivity index (χ4n) is 4.22. The summed E-state index contributed by atoms with van der Waals surface area (Å²) in [6, 6.07) is 25.2. The van der Waals surface area contributed by atoms with E-state index >= 15 is 0 Å². The van der Waals surface area contributed by atoms with Crippen LogP contribution in [0.4, 0.5) is 13.2 Å². The van der Waals surface area contributed by atoms with Crippen molar-refractivity contribution in [2.45, 2.75) is 12.7 Å². The molecule has 0 atom stereocenters. The van der Waals surface area contributed by atoms with E-state index in [0.29, 0.717) is 33.3 Å². The molecule has 34 heavy (non-hydrogen) atoms. The molecule has 1 amide bonds. The summed E-state index contributed by atoms with van der Waals surface area (Å²) >= 11 is 0. The number of carbonyl (C=O) groups is 1. The lowest BCUT2D eigenvalue weighted by atomic mass is 10.0. The highest BCUT2D eigenvalue weighted by molar-refractivity contribution is 6.18. The Morgan fingerprint density at radius 2 is 1.59 bits per heavy atom. The summed E-state index contributed by atoms with van der Waals surface area (Å²) in [6.45, 7) is 0.229. The first-order chi connectivity index (χ1) is 16.3. The van der Waals surface area contributed by atoms with Gasteiger partial charge in [-0.3, -0.25) is 4.79 Å². The number of carbonyl (C=O) groups excluding carboxylic acids is 1. The highest BCUT2D eigenvalue weighted by Gasteiger charge is 2.31. The Hall–Kier alpha value is -4.26. The van der Waals surface area contributed by atoms with E-state index in [2.05, 4.69) is 0 Å². The van der Waals surface area contributed by atoms with E-state index in [1.807, 2.05) is 54.6 Å². The third-order valence-electron chi connectivity index (χ3n) is 5.76. The lowest BCUT2D eigenvalue weighted by Gasteiger charge is -2.14. The normalized spacial score (nSPS) is 11.7. The molecule has 4 aromatic carbocycles. The van der Waals surface area contributed by atoms with Crippen molar-refractivity contribution in [1.82, 2.24) is 4.57 Å². The van der Waals surface area contributed by atoms with Crippen LogP contribution in [0.5, 0.6) is 11.5 Å². The van der Waals surface area contributed by atoms with Gasteiger partial charge in [-0.25, -0.2) is 0 Å².